The van der Waals surface area contributed by atoms with E-state index in [1.807, 2.05) is 29.6 Å². The van der Waals surface area contributed by atoms with Crippen LogP contribution in [0.1, 0.15) is 25.0 Å². The Labute approximate surface area is 172 Å². The third-order valence-electron chi connectivity index (χ3n) is 4.36. The molecule has 1 N–H and O–H groups in total. The second kappa shape index (κ2) is 9.43. The van der Waals surface area contributed by atoms with E-state index in [1.165, 1.54) is 36.0 Å². The van der Waals surface area contributed by atoms with Gasteiger partial charge < -0.3 is 4.74 Å². The third kappa shape index (κ3) is 5.48. The highest BCUT2D eigenvalue weighted by atomic mass is 32.1. The van der Waals surface area contributed by atoms with E-state index >= 15 is 0 Å². The first-order chi connectivity index (χ1) is 14.0. The first kappa shape index (κ1) is 20.7. The minimum Gasteiger partial charge on any atom is -0.452 e. The lowest BCUT2D eigenvalue weighted by Crippen LogP contribution is -2.30. The van der Waals surface area contributed by atoms with Crippen molar-refractivity contribution in [2.75, 3.05) is 5.32 Å². The van der Waals surface area contributed by atoms with Gasteiger partial charge in [-0.05, 0) is 30.5 Å². The Morgan fingerprint density at radius 3 is 2.59 bits per heavy atom. The van der Waals surface area contributed by atoms with Crippen molar-refractivity contribution < 1.29 is 18.7 Å². The first-order valence-corrected chi connectivity index (χ1v) is 10.1. The van der Waals surface area contributed by atoms with Gasteiger partial charge in [-0.15, -0.1) is 11.3 Å². The number of amides is 1. The highest BCUT2D eigenvalue weighted by molar-refractivity contribution is 7.14. The molecule has 0 aliphatic heterocycles. The normalized spacial score (nSPS) is 11.7. The Balaban J connectivity index is 1.56. The average Bonchev–Trinajstić information content (AvgIpc) is 3.18. The van der Waals surface area contributed by atoms with Crippen LogP contribution in [0.4, 0.5) is 9.52 Å². The number of anilines is 1. The van der Waals surface area contributed by atoms with Crippen LogP contribution in [0.25, 0.3) is 11.3 Å². The summed E-state index contributed by atoms with van der Waals surface area (Å²) in [7, 11) is 0. The van der Waals surface area contributed by atoms with E-state index in [-0.39, 0.29) is 12.0 Å². The number of aromatic nitrogens is 1. The molecule has 0 saturated heterocycles. The molecule has 3 rings (SSSR count). The van der Waals surface area contributed by atoms with Crippen molar-refractivity contribution in [1.29, 1.82) is 0 Å². The number of rotatable bonds is 7. The zero-order chi connectivity index (χ0) is 20.8. The molecule has 0 aliphatic carbocycles. The van der Waals surface area contributed by atoms with Crippen LogP contribution in [0.5, 0.6) is 0 Å². The Morgan fingerprint density at radius 2 is 1.90 bits per heavy atom. The van der Waals surface area contributed by atoms with Crippen molar-refractivity contribution in [1.82, 2.24) is 4.98 Å². The molecule has 0 saturated carbocycles. The van der Waals surface area contributed by atoms with Crippen LogP contribution in [-0.2, 0) is 27.2 Å². The number of nitrogens with zero attached hydrogens (tertiary/aromatic N) is 1. The number of carbonyl (C=O) groups is 2. The lowest BCUT2D eigenvalue weighted by Gasteiger charge is -2.12. The predicted octanol–water partition coefficient (Wildman–Crippen LogP) is 4.62. The monoisotopic (exact) mass is 412 g/mol. The Morgan fingerprint density at radius 1 is 1.17 bits per heavy atom. The highest BCUT2D eigenvalue weighted by Crippen LogP contribution is 2.25. The number of aryl methyl sites for hydroxylation is 1. The van der Waals surface area contributed by atoms with E-state index in [9.17, 15) is 14.0 Å². The molecule has 5 nitrogen and oxygen atoms in total. The molecule has 0 aliphatic rings. The van der Waals surface area contributed by atoms with E-state index in [0.717, 1.165) is 17.7 Å². The van der Waals surface area contributed by atoms with Gasteiger partial charge in [0.1, 0.15) is 5.82 Å². The van der Waals surface area contributed by atoms with Gasteiger partial charge in [-0.1, -0.05) is 49.4 Å². The number of ether oxygens (including phenoxy) is 1. The molecule has 0 fully saturated rings. The number of thiazole rings is 1. The van der Waals surface area contributed by atoms with Crippen LogP contribution in [0, 0.1) is 5.82 Å². The van der Waals surface area contributed by atoms with Crippen molar-refractivity contribution in [3.63, 3.8) is 0 Å². The molecule has 2 aromatic carbocycles. The van der Waals surface area contributed by atoms with Gasteiger partial charge in [0, 0.05) is 10.9 Å². The van der Waals surface area contributed by atoms with Crippen molar-refractivity contribution >= 4 is 28.3 Å². The van der Waals surface area contributed by atoms with Crippen LogP contribution in [0.15, 0.2) is 53.9 Å². The molecule has 0 spiro atoms. The first-order valence-electron chi connectivity index (χ1n) is 9.25. The Kier molecular flexibility index (Phi) is 6.72. The fraction of sp³-hybridized carbons (Fsp3) is 0.227. The molecule has 7 heteroatoms. The van der Waals surface area contributed by atoms with Gasteiger partial charge in [-0.2, -0.15) is 0 Å². The Bertz CT molecular complexity index is 1000. The van der Waals surface area contributed by atoms with E-state index in [2.05, 4.69) is 17.2 Å². The van der Waals surface area contributed by atoms with Crippen LogP contribution >= 0.6 is 11.3 Å². The summed E-state index contributed by atoms with van der Waals surface area (Å²) < 4.78 is 18.7. The largest absolute Gasteiger partial charge is 0.452 e. The summed E-state index contributed by atoms with van der Waals surface area (Å²) in [6, 6.07) is 14.0. The number of hydrogen-bond acceptors (Lipinski definition) is 5. The van der Waals surface area contributed by atoms with Crippen LogP contribution in [-0.4, -0.2) is 23.0 Å². The number of esters is 1. The number of benzene rings is 2. The summed E-state index contributed by atoms with van der Waals surface area (Å²) in [5.41, 5.74) is 3.19. The smallest absolute Gasteiger partial charge is 0.311 e. The van der Waals surface area contributed by atoms with Gasteiger partial charge in [-0.25, -0.2) is 9.37 Å². The number of hydrogen-bond donors (Lipinski definition) is 1. The Hall–Kier alpha value is -3.06. The number of halogens is 1. The van der Waals surface area contributed by atoms with Crippen molar-refractivity contribution in [3.05, 3.63) is 70.9 Å². The predicted molar refractivity (Wildman–Crippen MR) is 111 cm³/mol. The van der Waals surface area contributed by atoms with E-state index in [1.54, 1.807) is 12.1 Å². The lowest BCUT2D eigenvalue weighted by molar-refractivity contribution is -0.152. The van der Waals surface area contributed by atoms with Crippen LogP contribution in [0.2, 0.25) is 0 Å². The number of carbonyl (C=O) groups excluding carboxylic acids is 2. The fourth-order valence-electron chi connectivity index (χ4n) is 2.67. The molecule has 0 radical (unpaired) electrons. The van der Waals surface area contributed by atoms with Gasteiger partial charge in [0.15, 0.2) is 11.2 Å². The minimum absolute atomic E-state index is 0.226. The maximum Gasteiger partial charge on any atom is 0.311 e. The minimum atomic E-state index is -1.02. The summed E-state index contributed by atoms with van der Waals surface area (Å²) in [5, 5.41) is 4.92. The molecule has 1 heterocycles. The molecular weight excluding hydrogens is 391 g/mol. The number of nitrogens with one attached hydrogen (secondary N) is 1. The quantitative estimate of drug-likeness (QED) is 0.575. The molecule has 1 atom stereocenters. The topological polar surface area (TPSA) is 68.3 Å². The summed E-state index contributed by atoms with van der Waals surface area (Å²) in [5.74, 6) is -1.65. The molecule has 150 valence electrons. The fourth-order valence-corrected chi connectivity index (χ4v) is 3.39. The molecule has 3 aromatic rings. The molecule has 0 bridgehead atoms. The van der Waals surface area contributed by atoms with Crippen LogP contribution in [0.3, 0.4) is 0 Å². The van der Waals surface area contributed by atoms with E-state index in [4.69, 9.17) is 4.74 Å². The van der Waals surface area contributed by atoms with Gasteiger partial charge in [-0.3, -0.25) is 14.9 Å². The summed E-state index contributed by atoms with van der Waals surface area (Å²) in [6.45, 7) is 3.56. The van der Waals surface area contributed by atoms with Crippen molar-refractivity contribution in [3.8, 4) is 11.3 Å². The second-order valence-electron chi connectivity index (χ2n) is 6.48. The third-order valence-corrected chi connectivity index (χ3v) is 5.12. The second-order valence-corrected chi connectivity index (χ2v) is 7.34. The van der Waals surface area contributed by atoms with E-state index in [0.29, 0.717) is 5.13 Å². The molecular formula is C22H21FN2O3S. The van der Waals surface area contributed by atoms with Crippen molar-refractivity contribution in [2.24, 2.45) is 0 Å². The molecule has 1 amide bonds. The van der Waals surface area contributed by atoms with Gasteiger partial charge in [0.05, 0.1) is 12.1 Å². The summed E-state index contributed by atoms with van der Waals surface area (Å²) in [6.07, 6.45) is -0.295. The summed E-state index contributed by atoms with van der Waals surface area (Å²) >= 11 is 1.29. The van der Waals surface area contributed by atoms with Gasteiger partial charge in [0.2, 0.25) is 0 Å². The highest BCUT2D eigenvalue weighted by Gasteiger charge is 2.20. The van der Waals surface area contributed by atoms with E-state index < -0.39 is 23.8 Å². The standard InChI is InChI=1S/C22H21FN2O3S/c1-3-15-8-10-16(11-9-15)19-13-29-22(24-19)25-21(27)14(2)28-20(26)12-17-6-4-5-7-18(17)23/h4-11,13-14H,3,12H2,1-2H3,(H,24,25,27)/t14-/m0/s1. The summed E-state index contributed by atoms with van der Waals surface area (Å²) in [4.78, 5) is 28.7. The average molecular weight is 412 g/mol. The zero-order valence-corrected chi connectivity index (χ0v) is 17.0. The SMILES string of the molecule is CCc1ccc(-c2csc(NC(=O)[C@H](C)OC(=O)Cc3ccccc3F)n2)cc1. The van der Waals surface area contributed by atoms with Gasteiger partial charge in [0.25, 0.3) is 5.91 Å². The maximum atomic E-state index is 13.6. The maximum absolute atomic E-state index is 13.6. The zero-order valence-electron chi connectivity index (χ0n) is 16.1. The lowest BCUT2D eigenvalue weighted by atomic mass is 10.1. The van der Waals surface area contributed by atoms with Crippen molar-refractivity contribution in [2.45, 2.75) is 32.8 Å². The molecule has 1 aromatic heterocycles. The van der Waals surface area contributed by atoms with Crippen LogP contribution < -0.4 is 5.32 Å². The van der Waals surface area contributed by atoms with Gasteiger partial charge >= 0.3 is 5.97 Å². The molecule has 29 heavy (non-hydrogen) atoms. The molecule has 0 unspecified atom stereocenters.